The highest BCUT2D eigenvalue weighted by atomic mass is 32.1. The van der Waals surface area contributed by atoms with Gasteiger partial charge in [0.05, 0.1) is 11.0 Å². The molecule has 110 valence electrons. The first-order chi connectivity index (χ1) is 10.0. The number of nitro groups is 1. The van der Waals surface area contributed by atoms with Crippen molar-refractivity contribution in [1.82, 2.24) is 10.3 Å². The van der Waals surface area contributed by atoms with Gasteiger partial charge in [-0.05, 0) is 19.1 Å². The summed E-state index contributed by atoms with van der Waals surface area (Å²) in [6, 6.07) is 3.70. The van der Waals surface area contributed by atoms with E-state index in [0.29, 0.717) is 0 Å². The molecule has 1 atom stereocenters. The predicted molar refractivity (Wildman–Crippen MR) is 78.9 cm³/mol. The van der Waals surface area contributed by atoms with Crippen LogP contribution >= 0.6 is 11.3 Å². The van der Waals surface area contributed by atoms with Crippen LogP contribution in [0.1, 0.15) is 28.3 Å². The second kappa shape index (κ2) is 6.29. The van der Waals surface area contributed by atoms with Gasteiger partial charge in [0.15, 0.2) is 0 Å². The minimum atomic E-state index is -0.574. The first kappa shape index (κ1) is 14.9. The molecule has 2 aromatic rings. The van der Waals surface area contributed by atoms with Crippen LogP contribution in [0.5, 0.6) is 0 Å². The van der Waals surface area contributed by atoms with Crippen LogP contribution in [-0.2, 0) is 0 Å². The van der Waals surface area contributed by atoms with Crippen LogP contribution in [-0.4, -0.2) is 15.8 Å². The molecule has 1 aromatic carbocycles. The third kappa shape index (κ3) is 3.33. The molecule has 0 fully saturated rings. The van der Waals surface area contributed by atoms with Gasteiger partial charge in [0.25, 0.3) is 11.6 Å². The van der Waals surface area contributed by atoms with E-state index < -0.39 is 4.92 Å². The molecule has 9 heteroatoms. The van der Waals surface area contributed by atoms with Gasteiger partial charge in [0, 0.05) is 23.2 Å². The van der Waals surface area contributed by atoms with E-state index in [1.54, 1.807) is 6.20 Å². The molecule has 1 amide bonds. The number of nitrogens with two attached hydrogens (primary N) is 1. The summed E-state index contributed by atoms with van der Waals surface area (Å²) in [5.41, 5.74) is 2.38. The molecule has 0 aliphatic rings. The second-order valence-electron chi connectivity index (χ2n) is 4.20. The smallest absolute Gasteiger partial charge is 0.293 e. The Morgan fingerprint density at radius 1 is 1.52 bits per heavy atom. The van der Waals surface area contributed by atoms with Crippen molar-refractivity contribution in [3.63, 3.8) is 0 Å². The zero-order valence-electron chi connectivity index (χ0n) is 11.1. The number of rotatable bonds is 5. The number of nitrogens with zero attached hydrogens (tertiary/aromatic N) is 2. The third-order valence-corrected chi connectivity index (χ3v) is 3.74. The van der Waals surface area contributed by atoms with Gasteiger partial charge >= 0.3 is 0 Å². The quantitative estimate of drug-likeness (QED) is 0.440. The highest BCUT2D eigenvalue weighted by Gasteiger charge is 2.18. The van der Waals surface area contributed by atoms with Crippen molar-refractivity contribution in [2.24, 2.45) is 5.84 Å². The number of nitrogens with one attached hydrogen (secondary N) is 2. The van der Waals surface area contributed by atoms with Gasteiger partial charge in [0.1, 0.15) is 10.7 Å². The molecule has 0 saturated heterocycles. The lowest BCUT2D eigenvalue weighted by molar-refractivity contribution is -0.384. The summed E-state index contributed by atoms with van der Waals surface area (Å²) in [5, 5.41) is 16.2. The summed E-state index contributed by atoms with van der Waals surface area (Å²) < 4.78 is 0. The Hall–Kier alpha value is -2.52. The summed E-state index contributed by atoms with van der Waals surface area (Å²) in [6.45, 7) is 1.81. The minimum Gasteiger partial charge on any atom is -0.343 e. The average molecular weight is 307 g/mol. The number of aromatic nitrogens is 1. The second-order valence-corrected chi connectivity index (χ2v) is 5.13. The van der Waals surface area contributed by atoms with Crippen molar-refractivity contribution >= 4 is 28.6 Å². The number of nitro benzene ring substituents is 1. The highest BCUT2D eigenvalue weighted by Crippen LogP contribution is 2.25. The number of benzene rings is 1. The Balaban J connectivity index is 2.18. The van der Waals surface area contributed by atoms with E-state index >= 15 is 0 Å². The lowest BCUT2D eigenvalue weighted by Gasteiger charge is -2.12. The fraction of sp³-hybridized carbons (Fsp3) is 0.167. The Bertz CT molecular complexity index is 659. The topological polar surface area (TPSA) is 123 Å². The molecule has 4 N–H and O–H groups in total. The average Bonchev–Trinajstić information content (AvgIpc) is 3.00. The maximum atomic E-state index is 12.1. The minimum absolute atomic E-state index is 0.0783. The summed E-state index contributed by atoms with van der Waals surface area (Å²) in [4.78, 5) is 26.5. The van der Waals surface area contributed by atoms with Gasteiger partial charge in [-0.2, -0.15) is 0 Å². The first-order valence-corrected chi connectivity index (χ1v) is 6.86. The molecule has 1 heterocycles. The van der Waals surface area contributed by atoms with E-state index in [0.717, 1.165) is 5.01 Å². The number of carbonyl (C=O) groups excluding carboxylic acids is 1. The number of anilines is 1. The predicted octanol–water partition coefficient (Wildman–Crippen LogP) is 1.83. The molecule has 0 bridgehead atoms. The maximum Gasteiger partial charge on any atom is 0.293 e. The molecule has 0 radical (unpaired) electrons. The summed E-state index contributed by atoms with van der Waals surface area (Å²) in [5.74, 6) is 4.88. The van der Waals surface area contributed by atoms with Gasteiger partial charge in [-0.3, -0.25) is 20.8 Å². The van der Waals surface area contributed by atoms with Crippen LogP contribution in [0.25, 0.3) is 0 Å². The molecule has 0 saturated carbocycles. The van der Waals surface area contributed by atoms with Crippen molar-refractivity contribution in [3.8, 4) is 0 Å². The van der Waals surface area contributed by atoms with Gasteiger partial charge < -0.3 is 10.7 Å². The molecule has 1 aromatic heterocycles. The molecule has 21 heavy (non-hydrogen) atoms. The van der Waals surface area contributed by atoms with E-state index in [2.05, 4.69) is 15.7 Å². The Kier molecular flexibility index (Phi) is 4.45. The Morgan fingerprint density at radius 3 is 2.86 bits per heavy atom. The van der Waals surface area contributed by atoms with E-state index in [4.69, 9.17) is 5.84 Å². The number of hydrogen-bond donors (Lipinski definition) is 3. The number of thiazole rings is 1. The van der Waals surface area contributed by atoms with Gasteiger partial charge in [-0.25, -0.2) is 4.98 Å². The zero-order chi connectivity index (χ0) is 15.4. The molecular weight excluding hydrogens is 294 g/mol. The van der Waals surface area contributed by atoms with Crippen LogP contribution in [0.3, 0.4) is 0 Å². The molecule has 8 nitrogen and oxygen atoms in total. The van der Waals surface area contributed by atoms with Crippen LogP contribution in [0, 0.1) is 10.1 Å². The number of hydrazine groups is 1. The molecule has 0 aliphatic carbocycles. The monoisotopic (exact) mass is 307 g/mol. The zero-order valence-corrected chi connectivity index (χ0v) is 11.9. The SMILES string of the molecule is CC(NC(=O)c1ccc([N+](=O)[O-])c(NN)c1)c1nccs1. The van der Waals surface area contributed by atoms with E-state index in [9.17, 15) is 14.9 Å². The van der Waals surface area contributed by atoms with Crippen LogP contribution in [0.2, 0.25) is 0 Å². The fourth-order valence-electron chi connectivity index (χ4n) is 1.74. The fourth-order valence-corrected chi connectivity index (χ4v) is 2.39. The van der Waals surface area contributed by atoms with Crippen LogP contribution < -0.4 is 16.6 Å². The third-order valence-electron chi connectivity index (χ3n) is 2.78. The standard InChI is InChI=1S/C12H13N5O3S/c1-7(12-14-4-5-21-12)15-11(18)8-2-3-10(17(19)20)9(6-8)16-13/h2-7,16H,13H2,1H3,(H,15,18). The summed E-state index contributed by atoms with van der Waals surface area (Å²) in [6.07, 6.45) is 1.66. The van der Waals surface area contributed by atoms with Gasteiger partial charge in [-0.15, -0.1) is 11.3 Å². The lowest BCUT2D eigenvalue weighted by Crippen LogP contribution is -2.26. The molecule has 1 unspecified atom stereocenters. The molecule has 0 aliphatic heterocycles. The molecular formula is C12H13N5O3S. The number of amides is 1. The van der Waals surface area contributed by atoms with Crippen LogP contribution in [0.15, 0.2) is 29.8 Å². The number of hydrogen-bond acceptors (Lipinski definition) is 7. The van der Waals surface area contributed by atoms with Crippen LogP contribution in [0.4, 0.5) is 11.4 Å². The normalized spacial score (nSPS) is 11.7. The summed E-state index contributed by atoms with van der Waals surface area (Å²) in [7, 11) is 0. The Labute approximate surface area is 124 Å². The van der Waals surface area contributed by atoms with Gasteiger partial charge in [-0.1, -0.05) is 0 Å². The molecule has 0 spiro atoms. The highest BCUT2D eigenvalue weighted by molar-refractivity contribution is 7.09. The van der Waals surface area contributed by atoms with E-state index in [1.165, 1.54) is 29.5 Å². The number of carbonyl (C=O) groups is 1. The Morgan fingerprint density at radius 2 is 2.29 bits per heavy atom. The van der Waals surface area contributed by atoms with E-state index in [1.807, 2.05) is 12.3 Å². The van der Waals surface area contributed by atoms with Crippen molar-refractivity contribution in [2.75, 3.05) is 5.43 Å². The number of nitrogen functional groups attached to an aromatic ring is 1. The molecule has 2 rings (SSSR count). The lowest BCUT2D eigenvalue weighted by atomic mass is 10.1. The van der Waals surface area contributed by atoms with Crippen molar-refractivity contribution in [1.29, 1.82) is 0 Å². The van der Waals surface area contributed by atoms with E-state index in [-0.39, 0.29) is 28.9 Å². The summed E-state index contributed by atoms with van der Waals surface area (Å²) >= 11 is 1.43. The maximum absolute atomic E-state index is 12.1. The van der Waals surface area contributed by atoms with Gasteiger partial charge in [0.2, 0.25) is 0 Å². The van der Waals surface area contributed by atoms with Crippen molar-refractivity contribution < 1.29 is 9.72 Å². The first-order valence-electron chi connectivity index (χ1n) is 5.98. The van der Waals surface area contributed by atoms with Crippen molar-refractivity contribution in [2.45, 2.75) is 13.0 Å². The largest absolute Gasteiger partial charge is 0.343 e. The van der Waals surface area contributed by atoms with Crippen molar-refractivity contribution in [3.05, 3.63) is 50.5 Å².